The Labute approximate surface area is 114 Å². The summed E-state index contributed by atoms with van der Waals surface area (Å²) in [6.45, 7) is 2.13. The van der Waals surface area contributed by atoms with Crippen LogP contribution in [0.25, 0.3) is 0 Å². The van der Waals surface area contributed by atoms with Crippen LogP contribution in [0.2, 0.25) is 0 Å². The molecule has 1 atom stereocenters. The third-order valence-corrected chi connectivity index (χ3v) is 3.83. The molecule has 0 spiro atoms. The van der Waals surface area contributed by atoms with E-state index < -0.39 is 5.91 Å². The number of piperidine rings is 1. The fraction of sp³-hybridized carbons (Fsp3) is 0.571. The van der Waals surface area contributed by atoms with Gasteiger partial charge in [0.1, 0.15) is 5.82 Å². The van der Waals surface area contributed by atoms with Crippen LogP contribution in [0.4, 0.5) is 5.82 Å². The number of nitrogens with zero attached hydrogens (tertiary/aromatic N) is 3. The molecule has 5 nitrogen and oxygen atoms in total. The maximum absolute atomic E-state index is 11.0. The van der Waals surface area contributed by atoms with Crippen LogP contribution in [0, 0.1) is 0 Å². The minimum absolute atomic E-state index is 0.436. The summed E-state index contributed by atoms with van der Waals surface area (Å²) < 4.78 is 0. The van der Waals surface area contributed by atoms with Gasteiger partial charge in [0.25, 0.3) is 0 Å². The Morgan fingerprint density at radius 2 is 2.32 bits per heavy atom. The fourth-order valence-electron chi connectivity index (χ4n) is 2.54. The van der Waals surface area contributed by atoms with E-state index >= 15 is 0 Å². The van der Waals surface area contributed by atoms with Gasteiger partial charge >= 0.3 is 0 Å². The molecular formula is C14H22N4O. The third kappa shape index (κ3) is 3.44. The largest absolute Gasteiger partial charge is 0.366 e. The molecule has 2 N–H and O–H groups in total. The standard InChI is InChI=1S/C14H22N4O/c1-17-8-4-3-5-12(17)10-18(2)13-7-6-11(9-16-13)14(15)19/h6-7,9,12H,3-5,8,10H2,1-2H3,(H2,15,19)/t12-/m1/s1. The monoisotopic (exact) mass is 262 g/mol. The number of nitrogens with two attached hydrogens (primary N) is 1. The second-order valence-electron chi connectivity index (χ2n) is 5.28. The fourth-order valence-corrected chi connectivity index (χ4v) is 2.54. The molecule has 1 aromatic rings. The van der Waals surface area contributed by atoms with Gasteiger partial charge in [-0.15, -0.1) is 0 Å². The average molecular weight is 262 g/mol. The summed E-state index contributed by atoms with van der Waals surface area (Å²) in [6.07, 6.45) is 5.37. The first-order valence-electron chi connectivity index (χ1n) is 6.75. The highest BCUT2D eigenvalue weighted by atomic mass is 16.1. The van der Waals surface area contributed by atoms with E-state index in [-0.39, 0.29) is 0 Å². The van der Waals surface area contributed by atoms with Crippen LogP contribution in [0.1, 0.15) is 29.6 Å². The lowest BCUT2D eigenvalue weighted by Gasteiger charge is -2.35. The molecule has 0 radical (unpaired) electrons. The molecule has 1 aliphatic heterocycles. The highest BCUT2D eigenvalue weighted by molar-refractivity contribution is 5.92. The van der Waals surface area contributed by atoms with Gasteiger partial charge in [0, 0.05) is 25.8 Å². The van der Waals surface area contributed by atoms with Crippen molar-refractivity contribution in [1.82, 2.24) is 9.88 Å². The molecule has 1 saturated heterocycles. The molecule has 5 heteroatoms. The first-order valence-corrected chi connectivity index (χ1v) is 6.75. The number of likely N-dealkylation sites (tertiary alicyclic amines) is 1. The Morgan fingerprint density at radius 1 is 1.53 bits per heavy atom. The Morgan fingerprint density at radius 3 is 2.89 bits per heavy atom. The van der Waals surface area contributed by atoms with Crippen LogP contribution in [0.3, 0.4) is 0 Å². The lowest BCUT2D eigenvalue weighted by molar-refractivity contribution is 0.1000. The van der Waals surface area contributed by atoms with Crippen molar-refractivity contribution in [2.75, 3.05) is 32.1 Å². The number of pyridine rings is 1. The molecule has 0 aromatic carbocycles. The smallest absolute Gasteiger partial charge is 0.250 e. The summed E-state index contributed by atoms with van der Waals surface area (Å²) in [5.41, 5.74) is 5.66. The highest BCUT2D eigenvalue weighted by Crippen LogP contribution is 2.18. The topological polar surface area (TPSA) is 62.5 Å². The molecule has 1 amide bonds. The Balaban J connectivity index is 1.98. The van der Waals surface area contributed by atoms with Gasteiger partial charge in [0.15, 0.2) is 0 Å². The maximum atomic E-state index is 11.0. The summed E-state index contributed by atoms with van der Waals surface area (Å²) in [5, 5.41) is 0. The molecule has 2 heterocycles. The lowest BCUT2D eigenvalue weighted by Crippen LogP contribution is -2.43. The van der Waals surface area contributed by atoms with Crippen LogP contribution >= 0.6 is 0 Å². The van der Waals surface area contributed by atoms with Gasteiger partial charge in [-0.05, 0) is 38.6 Å². The molecule has 19 heavy (non-hydrogen) atoms. The molecule has 1 aliphatic rings. The molecular weight excluding hydrogens is 240 g/mol. The van der Waals surface area contributed by atoms with Crippen LogP contribution in [-0.4, -0.2) is 49.0 Å². The van der Waals surface area contributed by atoms with Crippen molar-refractivity contribution in [2.24, 2.45) is 5.73 Å². The molecule has 1 fully saturated rings. The van der Waals surface area contributed by atoms with Gasteiger partial charge in [-0.2, -0.15) is 0 Å². The van der Waals surface area contributed by atoms with Crippen molar-refractivity contribution in [3.63, 3.8) is 0 Å². The van der Waals surface area contributed by atoms with Crippen molar-refractivity contribution in [3.05, 3.63) is 23.9 Å². The summed E-state index contributed by atoms with van der Waals surface area (Å²) in [4.78, 5) is 19.9. The number of anilines is 1. The van der Waals surface area contributed by atoms with Gasteiger partial charge in [-0.25, -0.2) is 4.98 Å². The van der Waals surface area contributed by atoms with E-state index in [1.165, 1.54) is 25.8 Å². The number of amides is 1. The number of primary amides is 1. The minimum atomic E-state index is -0.436. The van der Waals surface area contributed by atoms with Crippen molar-refractivity contribution >= 4 is 11.7 Å². The summed E-state index contributed by atoms with van der Waals surface area (Å²) >= 11 is 0. The Bertz CT molecular complexity index is 432. The van der Waals surface area contributed by atoms with Crippen molar-refractivity contribution in [3.8, 4) is 0 Å². The number of rotatable bonds is 4. The van der Waals surface area contributed by atoms with Crippen molar-refractivity contribution < 1.29 is 4.79 Å². The molecule has 0 unspecified atom stereocenters. The van der Waals surface area contributed by atoms with E-state index in [0.29, 0.717) is 11.6 Å². The predicted molar refractivity (Wildman–Crippen MR) is 76.3 cm³/mol. The van der Waals surface area contributed by atoms with Crippen molar-refractivity contribution in [1.29, 1.82) is 0 Å². The van der Waals surface area contributed by atoms with Gasteiger partial charge in [0.2, 0.25) is 5.91 Å². The van der Waals surface area contributed by atoms with Crippen LogP contribution in [-0.2, 0) is 0 Å². The van der Waals surface area contributed by atoms with Crippen LogP contribution in [0.5, 0.6) is 0 Å². The quantitative estimate of drug-likeness (QED) is 0.882. The molecule has 0 bridgehead atoms. The van der Waals surface area contributed by atoms with Gasteiger partial charge in [0.05, 0.1) is 5.56 Å². The molecule has 104 valence electrons. The molecule has 0 saturated carbocycles. The number of carbonyl (C=O) groups excluding carboxylic acids is 1. The van der Waals surface area contributed by atoms with Crippen LogP contribution in [0.15, 0.2) is 18.3 Å². The normalized spacial score (nSPS) is 20.2. The number of carbonyl (C=O) groups is 1. The number of likely N-dealkylation sites (N-methyl/N-ethyl adjacent to an activating group) is 2. The van der Waals surface area contributed by atoms with Crippen molar-refractivity contribution in [2.45, 2.75) is 25.3 Å². The van der Waals surface area contributed by atoms with Crippen LogP contribution < -0.4 is 10.6 Å². The third-order valence-electron chi connectivity index (χ3n) is 3.83. The predicted octanol–water partition coefficient (Wildman–Crippen LogP) is 1.10. The Hall–Kier alpha value is -1.62. The first-order chi connectivity index (χ1) is 9.08. The summed E-state index contributed by atoms with van der Waals surface area (Å²) in [5.74, 6) is 0.442. The second-order valence-corrected chi connectivity index (χ2v) is 5.28. The van der Waals surface area contributed by atoms with Gasteiger partial charge in [-0.1, -0.05) is 6.42 Å². The maximum Gasteiger partial charge on any atom is 0.250 e. The number of hydrogen-bond donors (Lipinski definition) is 1. The summed E-state index contributed by atoms with van der Waals surface area (Å²) in [7, 11) is 4.22. The number of aromatic nitrogens is 1. The molecule has 0 aliphatic carbocycles. The van der Waals surface area contributed by atoms with E-state index in [1.807, 2.05) is 13.1 Å². The SMILES string of the molecule is CN(C[C@H]1CCCCN1C)c1ccc(C(N)=O)cn1. The Kier molecular flexibility index (Phi) is 4.37. The van der Waals surface area contributed by atoms with E-state index in [9.17, 15) is 4.79 Å². The van der Waals surface area contributed by atoms with E-state index in [4.69, 9.17) is 5.73 Å². The zero-order valence-electron chi connectivity index (χ0n) is 11.7. The minimum Gasteiger partial charge on any atom is -0.366 e. The van der Waals surface area contributed by atoms with E-state index in [1.54, 1.807) is 12.3 Å². The molecule has 1 aromatic heterocycles. The first kappa shape index (κ1) is 13.8. The van der Waals surface area contributed by atoms with E-state index in [0.717, 1.165) is 12.4 Å². The zero-order valence-corrected chi connectivity index (χ0v) is 11.7. The van der Waals surface area contributed by atoms with Gasteiger partial charge in [-0.3, -0.25) is 4.79 Å². The summed E-state index contributed by atoms with van der Waals surface area (Å²) in [6, 6.07) is 4.16. The molecule has 2 rings (SSSR count). The lowest BCUT2D eigenvalue weighted by atomic mass is 10.0. The zero-order chi connectivity index (χ0) is 13.8. The van der Waals surface area contributed by atoms with E-state index in [2.05, 4.69) is 21.8 Å². The highest BCUT2D eigenvalue weighted by Gasteiger charge is 2.20. The average Bonchev–Trinajstić information content (AvgIpc) is 2.41. The number of hydrogen-bond acceptors (Lipinski definition) is 4. The van der Waals surface area contributed by atoms with Gasteiger partial charge < -0.3 is 15.5 Å². The second kappa shape index (κ2) is 6.02.